The van der Waals surface area contributed by atoms with Gasteiger partial charge in [-0.1, -0.05) is 5.16 Å². The van der Waals surface area contributed by atoms with Crippen LogP contribution in [0, 0.1) is 5.82 Å². The first-order chi connectivity index (χ1) is 14.3. The number of rotatable bonds is 6. The Hall–Kier alpha value is -3.64. The van der Waals surface area contributed by atoms with Crippen LogP contribution in [-0.4, -0.2) is 33.3 Å². The summed E-state index contributed by atoms with van der Waals surface area (Å²) in [6, 6.07) is 8.42. The molecule has 30 heavy (non-hydrogen) atoms. The number of nitrogens with zero attached hydrogens (tertiary/aromatic N) is 5. The second kappa shape index (κ2) is 7.65. The molecule has 3 heterocycles. The summed E-state index contributed by atoms with van der Waals surface area (Å²) < 4.78 is 48.2. The summed E-state index contributed by atoms with van der Waals surface area (Å²) in [6.45, 7) is 0.0946. The van der Waals surface area contributed by atoms with Gasteiger partial charge in [-0.15, -0.1) is 0 Å². The topological polar surface area (TPSA) is 139 Å². The average Bonchev–Trinajstić information content (AvgIpc) is 3.34. The van der Waals surface area contributed by atoms with Crippen molar-refractivity contribution in [1.82, 2.24) is 24.9 Å². The molecular weight excluding hydrogens is 415 g/mol. The predicted octanol–water partition coefficient (Wildman–Crippen LogP) is 1.90. The largest absolute Gasteiger partial charge is 0.471 e. The van der Waals surface area contributed by atoms with Gasteiger partial charge in [0.05, 0.1) is 28.5 Å². The standard InChI is InChI=1S/C18H15FN6O4S/c1-25-15(10-28-16-7-4-12(19)8-21-16)14(9-22-25)17-23-18(29-24-17)11-2-5-13(6-3-11)30(20,26)27/h2-9H,10H2,1H3,(H2,20,26,27). The third-order valence-corrected chi connectivity index (χ3v) is 5.14. The fourth-order valence-corrected chi connectivity index (χ4v) is 3.16. The number of aromatic nitrogens is 5. The van der Waals surface area contributed by atoms with Gasteiger partial charge in [0.15, 0.2) is 0 Å². The van der Waals surface area contributed by atoms with Gasteiger partial charge in [-0.3, -0.25) is 4.68 Å². The van der Waals surface area contributed by atoms with Crippen LogP contribution in [0.1, 0.15) is 5.69 Å². The van der Waals surface area contributed by atoms with Gasteiger partial charge < -0.3 is 9.26 Å². The molecule has 10 nitrogen and oxygen atoms in total. The second-order valence-corrected chi connectivity index (χ2v) is 7.79. The lowest BCUT2D eigenvalue weighted by molar-refractivity contribution is 0.283. The molecule has 0 bridgehead atoms. The van der Waals surface area contributed by atoms with Crippen molar-refractivity contribution in [3.05, 3.63) is 60.3 Å². The van der Waals surface area contributed by atoms with E-state index in [-0.39, 0.29) is 29.1 Å². The molecular formula is C18H15FN6O4S. The van der Waals surface area contributed by atoms with Crippen molar-refractivity contribution in [1.29, 1.82) is 0 Å². The monoisotopic (exact) mass is 430 g/mol. The van der Waals surface area contributed by atoms with E-state index in [1.807, 2.05) is 0 Å². The second-order valence-electron chi connectivity index (χ2n) is 6.22. The molecule has 0 spiro atoms. The minimum atomic E-state index is -3.79. The van der Waals surface area contributed by atoms with Crippen molar-refractivity contribution in [2.24, 2.45) is 12.2 Å². The van der Waals surface area contributed by atoms with Gasteiger partial charge >= 0.3 is 0 Å². The Balaban J connectivity index is 1.57. The lowest BCUT2D eigenvalue weighted by Gasteiger charge is -2.06. The molecule has 154 valence electrons. The Morgan fingerprint density at radius 2 is 1.93 bits per heavy atom. The summed E-state index contributed by atoms with van der Waals surface area (Å²) in [5, 5.41) is 13.3. The smallest absolute Gasteiger partial charge is 0.258 e. The molecule has 3 aromatic heterocycles. The Morgan fingerprint density at radius 1 is 1.17 bits per heavy atom. The highest BCUT2D eigenvalue weighted by atomic mass is 32.2. The van der Waals surface area contributed by atoms with Gasteiger partial charge in [-0.25, -0.2) is 22.9 Å². The van der Waals surface area contributed by atoms with Crippen LogP contribution < -0.4 is 9.88 Å². The third kappa shape index (κ3) is 4.04. The molecule has 1 aromatic carbocycles. The van der Waals surface area contributed by atoms with E-state index in [4.69, 9.17) is 14.4 Å². The molecule has 0 saturated carbocycles. The maximum absolute atomic E-state index is 13.0. The van der Waals surface area contributed by atoms with E-state index >= 15 is 0 Å². The average molecular weight is 430 g/mol. The minimum Gasteiger partial charge on any atom is -0.471 e. The fourth-order valence-electron chi connectivity index (χ4n) is 2.65. The Kier molecular flexibility index (Phi) is 5.01. The minimum absolute atomic E-state index is 0.0212. The number of hydrogen-bond acceptors (Lipinski definition) is 8. The van der Waals surface area contributed by atoms with Gasteiger partial charge in [-0.2, -0.15) is 10.1 Å². The van der Waals surface area contributed by atoms with E-state index in [9.17, 15) is 12.8 Å². The van der Waals surface area contributed by atoms with Crippen LogP contribution in [0.25, 0.3) is 22.8 Å². The molecule has 4 rings (SSSR count). The van der Waals surface area contributed by atoms with E-state index in [1.54, 1.807) is 17.9 Å². The summed E-state index contributed by atoms with van der Waals surface area (Å²) in [5.41, 5.74) is 1.76. The molecule has 0 aliphatic rings. The van der Waals surface area contributed by atoms with Crippen molar-refractivity contribution in [3.8, 4) is 28.7 Å². The molecule has 0 unspecified atom stereocenters. The van der Waals surface area contributed by atoms with Crippen molar-refractivity contribution in [2.75, 3.05) is 0 Å². The van der Waals surface area contributed by atoms with Gasteiger partial charge in [0.2, 0.25) is 21.7 Å². The maximum Gasteiger partial charge on any atom is 0.258 e. The summed E-state index contributed by atoms with van der Waals surface area (Å²) in [7, 11) is -2.06. The van der Waals surface area contributed by atoms with Crippen molar-refractivity contribution < 1.29 is 22.1 Å². The van der Waals surface area contributed by atoms with E-state index in [0.717, 1.165) is 6.20 Å². The van der Waals surface area contributed by atoms with E-state index < -0.39 is 15.8 Å². The lowest BCUT2D eigenvalue weighted by Crippen LogP contribution is -2.11. The van der Waals surface area contributed by atoms with E-state index in [2.05, 4.69) is 20.2 Å². The van der Waals surface area contributed by atoms with Gasteiger partial charge in [0.25, 0.3) is 5.89 Å². The van der Waals surface area contributed by atoms with Crippen molar-refractivity contribution in [3.63, 3.8) is 0 Å². The number of halogens is 1. The number of ether oxygens (including phenoxy) is 1. The van der Waals surface area contributed by atoms with Crippen molar-refractivity contribution >= 4 is 10.0 Å². The highest BCUT2D eigenvalue weighted by molar-refractivity contribution is 7.89. The summed E-state index contributed by atoms with van der Waals surface area (Å²) >= 11 is 0. The number of primary sulfonamides is 1. The molecule has 0 radical (unpaired) electrons. The van der Waals surface area contributed by atoms with Crippen molar-refractivity contribution in [2.45, 2.75) is 11.5 Å². The molecule has 0 atom stereocenters. The molecule has 4 aromatic rings. The number of nitrogens with two attached hydrogens (primary N) is 1. The number of pyridine rings is 1. The van der Waals surface area contributed by atoms with Crippen LogP contribution in [-0.2, 0) is 23.7 Å². The molecule has 12 heteroatoms. The normalized spacial score (nSPS) is 11.6. The van der Waals surface area contributed by atoms with Crippen LogP contribution in [0.3, 0.4) is 0 Å². The highest BCUT2D eigenvalue weighted by Crippen LogP contribution is 2.26. The van der Waals surface area contributed by atoms with Gasteiger partial charge in [-0.05, 0) is 30.3 Å². The fraction of sp³-hybridized carbons (Fsp3) is 0.111. The quantitative estimate of drug-likeness (QED) is 0.489. The number of aryl methyl sites for hydroxylation is 1. The first-order valence-electron chi connectivity index (χ1n) is 8.54. The summed E-state index contributed by atoms with van der Waals surface area (Å²) in [4.78, 5) is 8.18. The first-order valence-corrected chi connectivity index (χ1v) is 10.1. The van der Waals surface area contributed by atoms with Crippen LogP contribution in [0.2, 0.25) is 0 Å². The summed E-state index contributed by atoms with van der Waals surface area (Å²) in [6.07, 6.45) is 2.63. The molecule has 0 fully saturated rings. The predicted molar refractivity (Wildman–Crippen MR) is 102 cm³/mol. The molecule has 2 N–H and O–H groups in total. The third-order valence-electron chi connectivity index (χ3n) is 4.22. The van der Waals surface area contributed by atoms with Gasteiger partial charge in [0, 0.05) is 18.7 Å². The van der Waals surface area contributed by atoms with Gasteiger partial charge in [0.1, 0.15) is 12.4 Å². The Morgan fingerprint density at radius 3 is 2.60 bits per heavy atom. The maximum atomic E-state index is 13.0. The van der Waals surface area contributed by atoms with E-state index in [0.29, 0.717) is 16.8 Å². The van der Waals surface area contributed by atoms with Crippen LogP contribution >= 0.6 is 0 Å². The molecule has 0 aliphatic heterocycles. The summed E-state index contributed by atoms with van der Waals surface area (Å²) in [5.74, 6) is 0.272. The zero-order valence-corrected chi connectivity index (χ0v) is 16.4. The molecule has 0 saturated heterocycles. The zero-order valence-electron chi connectivity index (χ0n) is 15.6. The lowest BCUT2D eigenvalue weighted by atomic mass is 10.2. The highest BCUT2D eigenvalue weighted by Gasteiger charge is 2.18. The van der Waals surface area contributed by atoms with Crippen LogP contribution in [0.5, 0.6) is 5.88 Å². The van der Waals surface area contributed by atoms with Crippen LogP contribution in [0.15, 0.2) is 58.2 Å². The van der Waals surface area contributed by atoms with E-state index in [1.165, 1.54) is 36.4 Å². The molecule has 0 amide bonds. The zero-order chi connectivity index (χ0) is 21.3. The molecule has 0 aliphatic carbocycles. The SMILES string of the molecule is Cn1ncc(-c2noc(-c3ccc(S(N)(=O)=O)cc3)n2)c1COc1ccc(F)cn1. The number of sulfonamides is 1. The Labute approximate surface area is 170 Å². The van der Waals surface area contributed by atoms with Crippen LogP contribution in [0.4, 0.5) is 4.39 Å². The number of benzene rings is 1. The Bertz CT molecular complexity index is 1280. The number of hydrogen-bond donors (Lipinski definition) is 1. The first kappa shape index (κ1) is 19.7.